The number of methoxy groups -OCH3 is 2. The van der Waals surface area contributed by atoms with Gasteiger partial charge >= 0.3 is 0 Å². The minimum atomic E-state index is -0.573. The number of halogens is 2. The molecule has 0 saturated heterocycles. The Morgan fingerprint density at radius 3 is 1.25 bits per heavy atom. The van der Waals surface area contributed by atoms with Crippen molar-refractivity contribution in [2.24, 2.45) is 0 Å². The van der Waals surface area contributed by atoms with Gasteiger partial charge in [0.2, 0.25) is 0 Å². The summed E-state index contributed by atoms with van der Waals surface area (Å²) in [6.07, 6.45) is 3.07. The van der Waals surface area contributed by atoms with Crippen molar-refractivity contribution >= 4 is 67.6 Å². The van der Waals surface area contributed by atoms with E-state index in [2.05, 4.69) is 53.1 Å². The lowest BCUT2D eigenvalue weighted by Gasteiger charge is -2.14. The third-order valence-electron chi connectivity index (χ3n) is 6.77. The molecular weight excluding hydrogens is 744 g/mol. The van der Waals surface area contributed by atoms with Crippen molar-refractivity contribution in [3.8, 4) is 11.5 Å². The Bertz CT molecular complexity index is 1710. The van der Waals surface area contributed by atoms with Crippen molar-refractivity contribution in [3.05, 3.63) is 140 Å². The lowest BCUT2D eigenvalue weighted by molar-refractivity contribution is -0.119. The molecule has 0 atom stereocenters. The third kappa shape index (κ3) is 10.1. The monoisotopic (exact) mass is 774 g/mol. The van der Waals surface area contributed by atoms with E-state index in [4.69, 9.17) is 9.47 Å². The topological polar surface area (TPSA) is 135 Å². The first-order valence-corrected chi connectivity index (χ1v) is 16.2. The molecule has 0 heterocycles. The van der Waals surface area contributed by atoms with Crippen molar-refractivity contribution in [1.29, 1.82) is 0 Å². The molecule has 4 aromatic carbocycles. The van der Waals surface area contributed by atoms with Crippen molar-refractivity contribution in [2.45, 2.75) is 0 Å². The molecule has 246 valence electrons. The van der Waals surface area contributed by atoms with E-state index in [1.165, 1.54) is 12.2 Å². The molecule has 0 spiro atoms. The molecule has 0 radical (unpaired) electrons. The quantitative estimate of drug-likeness (QED) is 0.102. The number of rotatable bonds is 13. The maximum absolute atomic E-state index is 13.3. The number of hydrogen-bond donors (Lipinski definition) is 4. The summed E-state index contributed by atoms with van der Waals surface area (Å²) in [5.74, 6) is -0.841. The molecule has 10 nitrogen and oxygen atoms in total. The fourth-order valence-corrected chi connectivity index (χ4v) is 5.19. The van der Waals surface area contributed by atoms with Crippen molar-refractivity contribution in [2.75, 3.05) is 27.3 Å². The maximum Gasteiger partial charge on any atom is 0.267 e. The Kier molecular flexibility index (Phi) is 13.1. The number of amides is 4. The number of hydrogen-bond acceptors (Lipinski definition) is 6. The Morgan fingerprint density at radius 2 is 0.917 bits per heavy atom. The molecule has 0 saturated carbocycles. The predicted molar refractivity (Wildman–Crippen MR) is 191 cm³/mol. The molecule has 0 fully saturated rings. The van der Waals surface area contributed by atoms with Crippen LogP contribution in [-0.2, 0) is 9.59 Å². The molecule has 0 bridgehead atoms. The van der Waals surface area contributed by atoms with Gasteiger partial charge in [-0.15, -0.1) is 0 Å². The van der Waals surface area contributed by atoms with E-state index in [1.54, 1.807) is 111 Å². The van der Waals surface area contributed by atoms with Gasteiger partial charge in [-0.25, -0.2) is 0 Å². The van der Waals surface area contributed by atoms with Crippen LogP contribution < -0.4 is 30.7 Å². The number of nitrogens with one attached hydrogen (secondary N) is 4. The van der Waals surface area contributed by atoms with Crippen LogP contribution in [0.4, 0.5) is 0 Å². The van der Waals surface area contributed by atoms with E-state index >= 15 is 0 Å². The Morgan fingerprint density at radius 1 is 0.562 bits per heavy atom. The zero-order valence-corrected chi connectivity index (χ0v) is 29.2. The second-order valence-corrected chi connectivity index (χ2v) is 11.8. The molecule has 4 N–H and O–H groups in total. The molecule has 0 aliphatic carbocycles. The fourth-order valence-electron chi connectivity index (χ4n) is 4.26. The van der Waals surface area contributed by atoms with E-state index in [9.17, 15) is 19.2 Å². The SMILES string of the molecule is COc1ccc(/C=C(\NC(=O)c2ccccc2Br)C(=O)NCCNC(=O)/C(=C/c2ccc(OC)cc2)NC(=O)c2ccccc2Br)cc1. The third-order valence-corrected chi connectivity index (χ3v) is 8.16. The van der Waals surface area contributed by atoms with Crippen molar-refractivity contribution in [3.63, 3.8) is 0 Å². The van der Waals surface area contributed by atoms with Gasteiger partial charge in [0, 0.05) is 22.0 Å². The van der Waals surface area contributed by atoms with Crippen molar-refractivity contribution < 1.29 is 28.7 Å². The Hall–Kier alpha value is -5.20. The molecular formula is C36H32Br2N4O6. The van der Waals surface area contributed by atoms with Crippen LogP contribution >= 0.6 is 31.9 Å². The van der Waals surface area contributed by atoms with Gasteiger partial charge in [0.1, 0.15) is 22.9 Å². The molecule has 48 heavy (non-hydrogen) atoms. The van der Waals surface area contributed by atoms with E-state index in [0.29, 0.717) is 42.7 Å². The summed E-state index contributed by atoms with van der Waals surface area (Å²) in [7, 11) is 3.10. The summed E-state index contributed by atoms with van der Waals surface area (Å²) in [6, 6.07) is 27.6. The standard InChI is InChI=1S/C36H32Br2N4O6/c1-47-25-15-11-23(12-16-25)21-31(41-33(43)27-7-3-5-9-29(27)37)35(45)39-19-20-40-36(46)32(22-24-13-17-26(48-2)18-14-24)42-34(44)28-8-4-6-10-30(28)38/h3-18,21-22H,19-20H2,1-2H3,(H,39,45)(H,40,46)(H,41,43)(H,42,44)/b31-21-,32-22-. The predicted octanol–water partition coefficient (Wildman–Crippen LogP) is 5.70. The summed E-state index contributed by atoms with van der Waals surface area (Å²) in [4.78, 5) is 52.8. The van der Waals surface area contributed by atoms with E-state index in [-0.39, 0.29) is 24.5 Å². The van der Waals surface area contributed by atoms with Crippen LogP contribution in [0.25, 0.3) is 12.2 Å². The smallest absolute Gasteiger partial charge is 0.267 e. The van der Waals surface area contributed by atoms with Gasteiger partial charge in [0.25, 0.3) is 23.6 Å². The fraction of sp³-hybridized carbons (Fsp3) is 0.111. The number of benzene rings is 4. The van der Waals surface area contributed by atoms with Crippen LogP contribution in [0.2, 0.25) is 0 Å². The van der Waals surface area contributed by atoms with Gasteiger partial charge in [-0.3, -0.25) is 19.2 Å². The highest BCUT2D eigenvalue weighted by Gasteiger charge is 2.18. The summed E-state index contributed by atoms with van der Waals surface area (Å²) in [5.41, 5.74) is 1.98. The van der Waals surface area contributed by atoms with E-state index in [1.807, 2.05) is 0 Å². The van der Waals surface area contributed by atoms with Gasteiger partial charge in [0.05, 0.1) is 25.3 Å². The first kappa shape index (κ1) is 35.7. The molecule has 4 amide bonds. The van der Waals surface area contributed by atoms with E-state index < -0.39 is 23.6 Å². The van der Waals surface area contributed by atoms with Crippen LogP contribution in [-0.4, -0.2) is 50.9 Å². The zero-order chi connectivity index (χ0) is 34.5. The molecule has 12 heteroatoms. The summed E-state index contributed by atoms with van der Waals surface area (Å²) < 4.78 is 11.6. The zero-order valence-electron chi connectivity index (χ0n) is 26.0. The molecule has 0 aliphatic rings. The van der Waals surface area contributed by atoms with Gasteiger partial charge in [-0.2, -0.15) is 0 Å². The average molecular weight is 776 g/mol. The van der Waals surface area contributed by atoms with E-state index in [0.717, 1.165) is 0 Å². The largest absolute Gasteiger partial charge is 0.497 e. The number of carbonyl (C=O) groups is 4. The minimum Gasteiger partial charge on any atom is -0.497 e. The van der Waals surface area contributed by atoms with Gasteiger partial charge in [0.15, 0.2) is 0 Å². The Balaban J connectivity index is 1.46. The first-order chi connectivity index (χ1) is 23.2. The van der Waals surface area contributed by atoms with Crippen LogP contribution in [0.1, 0.15) is 31.8 Å². The maximum atomic E-state index is 13.3. The molecule has 0 aliphatic heterocycles. The molecule has 4 aromatic rings. The minimum absolute atomic E-state index is 0.00645. The summed E-state index contributed by atoms with van der Waals surface area (Å²) in [6.45, 7) is 0.0346. The highest BCUT2D eigenvalue weighted by atomic mass is 79.9. The molecule has 0 aromatic heterocycles. The second kappa shape index (κ2) is 17.6. The molecule has 0 unspecified atom stereocenters. The van der Waals surface area contributed by atoms with Gasteiger partial charge in [-0.1, -0.05) is 48.5 Å². The Labute approximate surface area is 294 Å². The number of ether oxygens (including phenoxy) is 2. The van der Waals surface area contributed by atoms with Gasteiger partial charge in [-0.05, 0) is 104 Å². The van der Waals surface area contributed by atoms with Crippen LogP contribution in [0.15, 0.2) is 117 Å². The highest BCUT2D eigenvalue weighted by molar-refractivity contribution is 9.10. The average Bonchev–Trinajstić information content (AvgIpc) is 3.10. The summed E-state index contributed by atoms with van der Waals surface area (Å²) >= 11 is 6.74. The lowest BCUT2D eigenvalue weighted by Crippen LogP contribution is -2.41. The van der Waals surface area contributed by atoms with Crippen LogP contribution in [0.5, 0.6) is 11.5 Å². The highest BCUT2D eigenvalue weighted by Crippen LogP contribution is 2.19. The van der Waals surface area contributed by atoms with Crippen LogP contribution in [0, 0.1) is 0 Å². The lowest BCUT2D eigenvalue weighted by atomic mass is 10.1. The second-order valence-electron chi connectivity index (χ2n) is 10.0. The first-order valence-electron chi connectivity index (χ1n) is 14.6. The van der Waals surface area contributed by atoms with Gasteiger partial charge < -0.3 is 30.7 Å². The molecule has 4 rings (SSSR count). The van der Waals surface area contributed by atoms with Crippen molar-refractivity contribution in [1.82, 2.24) is 21.3 Å². The van der Waals surface area contributed by atoms with Crippen LogP contribution in [0.3, 0.4) is 0 Å². The number of carbonyl (C=O) groups excluding carboxylic acids is 4. The normalized spacial score (nSPS) is 11.2. The summed E-state index contributed by atoms with van der Waals surface area (Å²) in [5, 5.41) is 10.8.